The molecule has 3 nitrogen and oxygen atoms in total. The van der Waals surface area contributed by atoms with Crippen LogP contribution >= 0.6 is 0 Å². The van der Waals surface area contributed by atoms with Crippen LogP contribution in [-0.4, -0.2) is 11.3 Å². The van der Waals surface area contributed by atoms with Crippen molar-refractivity contribution in [1.29, 1.82) is 5.26 Å². The van der Waals surface area contributed by atoms with Gasteiger partial charge in [-0.1, -0.05) is 0 Å². The summed E-state index contributed by atoms with van der Waals surface area (Å²) in [6.45, 7) is 0. The molecule has 66 valence electrons. The number of benzene rings is 1. The van der Waals surface area contributed by atoms with E-state index in [2.05, 4.69) is 4.98 Å². The lowest BCUT2D eigenvalue weighted by Crippen LogP contribution is -1.87. The molecule has 0 aliphatic heterocycles. The Bertz CT molecular complexity index is 540. The van der Waals surface area contributed by atoms with Crippen molar-refractivity contribution in [2.75, 3.05) is 0 Å². The van der Waals surface area contributed by atoms with Gasteiger partial charge in [0.25, 0.3) is 0 Å². The highest BCUT2D eigenvalue weighted by Crippen LogP contribution is 2.16. The van der Waals surface area contributed by atoms with Gasteiger partial charge in [0.15, 0.2) is 6.29 Å². The van der Waals surface area contributed by atoms with E-state index in [-0.39, 0.29) is 0 Å². The standard InChI is InChI=1S/C11H6N2O/c12-6-8-1-2-11-10(5-8)9(7-14)3-4-13-11/h1-5,7H. The van der Waals surface area contributed by atoms with Crippen molar-refractivity contribution < 1.29 is 4.79 Å². The summed E-state index contributed by atoms with van der Waals surface area (Å²) in [5, 5.41) is 9.43. The minimum atomic E-state index is 0.536. The molecule has 0 unspecified atom stereocenters. The molecule has 0 saturated carbocycles. The van der Waals surface area contributed by atoms with E-state index in [4.69, 9.17) is 5.26 Å². The minimum absolute atomic E-state index is 0.536. The molecule has 0 aliphatic rings. The number of hydrogen-bond acceptors (Lipinski definition) is 3. The molecule has 0 aliphatic carbocycles. The minimum Gasteiger partial charge on any atom is -0.298 e. The molecule has 2 aromatic rings. The molecule has 2 rings (SSSR count). The second-order valence-electron chi connectivity index (χ2n) is 2.86. The molecule has 0 saturated heterocycles. The number of pyridine rings is 1. The molecule has 0 N–H and O–H groups in total. The topological polar surface area (TPSA) is 53.8 Å². The number of aromatic nitrogens is 1. The molecular formula is C11H6N2O. The zero-order valence-corrected chi connectivity index (χ0v) is 7.27. The maximum absolute atomic E-state index is 10.7. The van der Waals surface area contributed by atoms with Gasteiger partial charge < -0.3 is 0 Å². The molecule has 0 amide bonds. The van der Waals surface area contributed by atoms with Gasteiger partial charge in [-0.3, -0.25) is 9.78 Å². The van der Waals surface area contributed by atoms with Crippen molar-refractivity contribution >= 4 is 17.2 Å². The van der Waals surface area contributed by atoms with Gasteiger partial charge in [-0.05, 0) is 24.3 Å². The number of carbonyl (C=O) groups is 1. The van der Waals surface area contributed by atoms with Gasteiger partial charge in [-0.25, -0.2) is 0 Å². The fraction of sp³-hybridized carbons (Fsp3) is 0. The number of fused-ring (bicyclic) bond motifs is 1. The SMILES string of the molecule is N#Cc1ccc2nccc(C=O)c2c1. The number of aldehydes is 1. The highest BCUT2D eigenvalue weighted by Gasteiger charge is 2.01. The Morgan fingerprint density at radius 3 is 2.93 bits per heavy atom. The third-order valence-electron chi connectivity index (χ3n) is 2.03. The summed E-state index contributed by atoms with van der Waals surface area (Å²) in [7, 11) is 0. The summed E-state index contributed by atoms with van der Waals surface area (Å²) in [6.07, 6.45) is 2.35. The van der Waals surface area contributed by atoms with Crippen molar-refractivity contribution in [2.45, 2.75) is 0 Å². The smallest absolute Gasteiger partial charge is 0.150 e. The van der Waals surface area contributed by atoms with E-state index >= 15 is 0 Å². The predicted octanol–water partition coefficient (Wildman–Crippen LogP) is 1.92. The molecule has 0 spiro atoms. The van der Waals surface area contributed by atoms with Crippen LogP contribution in [0.4, 0.5) is 0 Å². The van der Waals surface area contributed by atoms with Gasteiger partial charge in [0.2, 0.25) is 0 Å². The van der Waals surface area contributed by atoms with Gasteiger partial charge >= 0.3 is 0 Å². The normalized spacial score (nSPS) is 9.64. The van der Waals surface area contributed by atoms with Gasteiger partial charge in [-0.15, -0.1) is 0 Å². The first-order valence-corrected chi connectivity index (χ1v) is 4.09. The van der Waals surface area contributed by atoms with E-state index in [1.807, 2.05) is 6.07 Å². The molecule has 3 heteroatoms. The Kier molecular flexibility index (Phi) is 1.96. The van der Waals surface area contributed by atoms with E-state index < -0.39 is 0 Å². The summed E-state index contributed by atoms with van der Waals surface area (Å²) in [4.78, 5) is 14.8. The van der Waals surface area contributed by atoms with Crippen LogP contribution in [0.5, 0.6) is 0 Å². The summed E-state index contributed by atoms with van der Waals surface area (Å²) in [5.74, 6) is 0. The van der Waals surface area contributed by atoms with Crippen molar-refractivity contribution in [3.63, 3.8) is 0 Å². The monoisotopic (exact) mass is 182 g/mol. The molecule has 1 aromatic heterocycles. The lowest BCUT2D eigenvalue weighted by Gasteiger charge is -1.99. The first-order valence-electron chi connectivity index (χ1n) is 4.09. The second-order valence-corrected chi connectivity index (χ2v) is 2.86. The Morgan fingerprint density at radius 2 is 2.21 bits per heavy atom. The summed E-state index contributed by atoms with van der Waals surface area (Å²) in [5.41, 5.74) is 1.83. The molecular weight excluding hydrogens is 176 g/mol. The first-order chi connectivity index (χ1) is 6.85. The number of nitrogens with zero attached hydrogens (tertiary/aromatic N) is 2. The molecule has 1 aromatic carbocycles. The molecule has 14 heavy (non-hydrogen) atoms. The van der Waals surface area contributed by atoms with Gasteiger partial charge in [0, 0.05) is 17.1 Å². The maximum Gasteiger partial charge on any atom is 0.150 e. The summed E-state index contributed by atoms with van der Waals surface area (Å²) < 4.78 is 0. The van der Waals surface area contributed by atoms with Crippen molar-refractivity contribution in [3.05, 3.63) is 41.6 Å². The molecule has 0 bridgehead atoms. The highest BCUT2D eigenvalue weighted by molar-refractivity contribution is 5.96. The van der Waals surface area contributed by atoms with Crippen LogP contribution in [0.15, 0.2) is 30.5 Å². The molecule has 1 heterocycles. The largest absolute Gasteiger partial charge is 0.298 e. The van der Waals surface area contributed by atoms with Gasteiger partial charge in [-0.2, -0.15) is 5.26 Å². The van der Waals surface area contributed by atoms with E-state index in [0.717, 1.165) is 17.2 Å². The van der Waals surface area contributed by atoms with Crippen molar-refractivity contribution in [3.8, 4) is 6.07 Å². The quantitative estimate of drug-likeness (QED) is 0.633. The lowest BCUT2D eigenvalue weighted by molar-refractivity contribution is 0.112. The van der Waals surface area contributed by atoms with Crippen LogP contribution in [0.2, 0.25) is 0 Å². The zero-order chi connectivity index (χ0) is 9.97. The van der Waals surface area contributed by atoms with Crippen molar-refractivity contribution in [2.24, 2.45) is 0 Å². The lowest BCUT2D eigenvalue weighted by atomic mass is 10.1. The van der Waals surface area contributed by atoms with E-state index in [9.17, 15) is 4.79 Å². The fourth-order valence-electron chi connectivity index (χ4n) is 1.34. The average molecular weight is 182 g/mol. The number of carbonyl (C=O) groups excluding carboxylic acids is 1. The van der Waals surface area contributed by atoms with Crippen LogP contribution < -0.4 is 0 Å². The number of hydrogen-bond donors (Lipinski definition) is 0. The van der Waals surface area contributed by atoms with E-state index in [1.165, 1.54) is 0 Å². The highest BCUT2D eigenvalue weighted by atomic mass is 16.1. The first kappa shape index (κ1) is 8.39. The molecule has 0 radical (unpaired) electrons. The maximum atomic E-state index is 10.7. The Hall–Kier alpha value is -2.21. The van der Waals surface area contributed by atoms with E-state index in [1.54, 1.807) is 30.5 Å². The third kappa shape index (κ3) is 1.23. The van der Waals surface area contributed by atoms with E-state index in [0.29, 0.717) is 11.1 Å². The Morgan fingerprint density at radius 1 is 1.36 bits per heavy atom. The summed E-state index contributed by atoms with van der Waals surface area (Å²) in [6, 6.07) is 8.76. The Labute approximate surface area is 80.6 Å². The van der Waals surface area contributed by atoms with Crippen LogP contribution in [0.25, 0.3) is 10.9 Å². The van der Waals surface area contributed by atoms with Crippen LogP contribution in [-0.2, 0) is 0 Å². The molecule has 0 atom stereocenters. The average Bonchev–Trinajstić information content (AvgIpc) is 2.27. The fourth-order valence-corrected chi connectivity index (χ4v) is 1.34. The zero-order valence-electron chi connectivity index (χ0n) is 7.27. The number of nitriles is 1. The predicted molar refractivity (Wildman–Crippen MR) is 51.8 cm³/mol. The molecule has 0 fully saturated rings. The van der Waals surface area contributed by atoms with Gasteiger partial charge in [0.1, 0.15) is 0 Å². The second kappa shape index (κ2) is 3.27. The van der Waals surface area contributed by atoms with Crippen LogP contribution in [0.1, 0.15) is 15.9 Å². The van der Waals surface area contributed by atoms with Crippen LogP contribution in [0.3, 0.4) is 0 Å². The van der Waals surface area contributed by atoms with Crippen molar-refractivity contribution in [1.82, 2.24) is 4.98 Å². The third-order valence-corrected chi connectivity index (χ3v) is 2.03. The Balaban J connectivity index is 2.84. The number of rotatable bonds is 1. The summed E-state index contributed by atoms with van der Waals surface area (Å²) >= 11 is 0. The van der Waals surface area contributed by atoms with Gasteiger partial charge in [0.05, 0.1) is 17.1 Å². The van der Waals surface area contributed by atoms with Crippen LogP contribution in [0, 0.1) is 11.3 Å².